The highest BCUT2D eigenvalue weighted by molar-refractivity contribution is 7.98. The molecule has 0 unspecified atom stereocenters. The number of thioether (sulfide) groups is 1. The summed E-state index contributed by atoms with van der Waals surface area (Å²) in [7, 11) is 0. The second-order valence-corrected chi connectivity index (χ2v) is 4.25. The molecule has 0 spiro atoms. The molecule has 0 aliphatic rings. The molecule has 0 fully saturated rings. The van der Waals surface area contributed by atoms with Gasteiger partial charge in [-0.05, 0) is 18.4 Å². The van der Waals surface area contributed by atoms with E-state index >= 15 is 0 Å². The van der Waals surface area contributed by atoms with Crippen LogP contribution in [0.3, 0.4) is 0 Å². The summed E-state index contributed by atoms with van der Waals surface area (Å²) >= 11 is 1.68. The quantitative estimate of drug-likeness (QED) is 0.690. The first-order chi connectivity index (χ1) is 7.74. The van der Waals surface area contributed by atoms with Crippen LogP contribution < -0.4 is 11.1 Å². The SMILES string of the molecule is CSCC[C@H](N)C(=O)NCCc1ncno1. The van der Waals surface area contributed by atoms with Gasteiger partial charge >= 0.3 is 0 Å². The second-order valence-electron chi connectivity index (χ2n) is 3.26. The van der Waals surface area contributed by atoms with Crippen molar-refractivity contribution in [3.63, 3.8) is 0 Å². The molecule has 1 amide bonds. The number of amides is 1. The molecule has 1 atom stereocenters. The normalized spacial score (nSPS) is 12.4. The summed E-state index contributed by atoms with van der Waals surface area (Å²) < 4.78 is 4.79. The number of nitrogens with two attached hydrogens (primary N) is 1. The molecule has 0 aliphatic heterocycles. The highest BCUT2D eigenvalue weighted by atomic mass is 32.2. The standard InChI is InChI=1S/C9H16N4O2S/c1-16-5-3-7(10)9(14)11-4-2-8-12-6-13-15-8/h6-7H,2-5,10H2,1H3,(H,11,14)/t7-/m0/s1. The van der Waals surface area contributed by atoms with Gasteiger partial charge in [0.05, 0.1) is 6.04 Å². The van der Waals surface area contributed by atoms with Gasteiger partial charge in [0.2, 0.25) is 11.8 Å². The van der Waals surface area contributed by atoms with E-state index in [9.17, 15) is 4.79 Å². The van der Waals surface area contributed by atoms with Crippen LogP contribution in [0.5, 0.6) is 0 Å². The zero-order chi connectivity index (χ0) is 11.8. The van der Waals surface area contributed by atoms with Crippen molar-refractivity contribution < 1.29 is 9.32 Å². The fourth-order valence-corrected chi connectivity index (χ4v) is 1.60. The van der Waals surface area contributed by atoms with E-state index in [0.717, 1.165) is 5.75 Å². The largest absolute Gasteiger partial charge is 0.354 e. The average molecular weight is 244 g/mol. The zero-order valence-electron chi connectivity index (χ0n) is 9.18. The lowest BCUT2D eigenvalue weighted by Gasteiger charge is -2.10. The van der Waals surface area contributed by atoms with Crippen molar-refractivity contribution in [2.75, 3.05) is 18.6 Å². The van der Waals surface area contributed by atoms with Gasteiger partial charge in [-0.1, -0.05) is 5.16 Å². The molecule has 0 aliphatic carbocycles. The molecule has 7 heteroatoms. The summed E-state index contributed by atoms with van der Waals surface area (Å²) in [6.07, 6.45) is 4.54. The van der Waals surface area contributed by atoms with Crippen LogP contribution in [0.2, 0.25) is 0 Å². The van der Waals surface area contributed by atoms with Crippen LogP contribution in [-0.2, 0) is 11.2 Å². The first-order valence-corrected chi connectivity index (χ1v) is 6.41. The van der Waals surface area contributed by atoms with Crippen molar-refractivity contribution >= 4 is 17.7 Å². The lowest BCUT2D eigenvalue weighted by molar-refractivity contribution is -0.122. The van der Waals surface area contributed by atoms with Gasteiger partial charge in [0, 0.05) is 13.0 Å². The summed E-state index contributed by atoms with van der Waals surface area (Å²) in [5.74, 6) is 1.27. The van der Waals surface area contributed by atoms with Crippen molar-refractivity contribution in [1.82, 2.24) is 15.5 Å². The first kappa shape index (κ1) is 13.0. The van der Waals surface area contributed by atoms with Gasteiger partial charge in [-0.15, -0.1) is 0 Å². The van der Waals surface area contributed by atoms with Crippen molar-refractivity contribution in [3.05, 3.63) is 12.2 Å². The Morgan fingerprint density at radius 1 is 1.75 bits per heavy atom. The molecular formula is C9H16N4O2S. The van der Waals surface area contributed by atoms with Crippen LogP contribution in [0.25, 0.3) is 0 Å². The molecule has 1 aromatic rings. The molecule has 3 N–H and O–H groups in total. The third-order valence-corrected chi connectivity index (χ3v) is 2.66. The third-order valence-electron chi connectivity index (χ3n) is 2.01. The molecule has 16 heavy (non-hydrogen) atoms. The lowest BCUT2D eigenvalue weighted by Crippen LogP contribution is -2.41. The van der Waals surface area contributed by atoms with Crippen molar-refractivity contribution in [1.29, 1.82) is 0 Å². The van der Waals surface area contributed by atoms with Gasteiger partial charge in [-0.2, -0.15) is 16.7 Å². The molecule has 90 valence electrons. The molecule has 1 aromatic heterocycles. The van der Waals surface area contributed by atoms with Crippen LogP contribution in [0.15, 0.2) is 10.9 Å². The second kappa shape index (κ2) is 7.24. The fourth-order valence-electron chi connectivity index (χ4n) is 1.11. The van der Waals surface area contributed by atoms with Crippen LogP contribution in [0.1, 0.15) is 12.3 Å². The minimum atomic E-state index is -0.435. The monoisotopic (exact) mass is 244 g/mol. The topological polar surface area (TPSA) is 94.0 Å². The van der Waals surface area contributed by atoms with Gasteiger partial charge in [0.15, 0.2) is 6.33 Å². The average Bonchev–Trinajstić information content (AvgIpc) is 2.78. The molecular weight excluding hydrogens is 228 g/mol. The van der Waals surface area contributed by atoms with E-state index in [1.54, 1.807) is 11.8 Å². The molecule has 0 radical (unpaired) electrons. The van der Waals surface area contributed by atoms with Crippen molar-refractivity contribution in [2.24, 2.45) is 5.73 Å². The molecule has 0 saturated heterocycles. The minimum absolute atomic E-state index is 0.131. The molecule has 0 saturated carbocycles. The Bertz CT molecular complexity index is 304. The molecule has 1 heterocycles. The summed E-state index contributed by atoms with van der Waals surface area (Å²) in [6, 6.07) is -0.435. The zero-order valence-corrected chi connectivity index (χ0v) is 10.00. The number of hydrogen-bond donors (Lipinski definition) is 2. The highest BCUT2D eigenvalue weighted by Gasteiger charge is 2.12. The van der Waals surface area contributed by atoms with E-state index in [1.807, 2.05) is 6.26 Å². The Hall–Kier alpha value is -1.08. The maximum Gasteiger partial charge on any atom is 0.236 e. The van der Waals surface area contributed by atoms with E-state index in [1.165, 1.54) is 6.33 Å². The van der Waals surface area contributed by atoms with Gasteiger partial charge in [-0.25, -0.2) is 0 Å². The fraction of sp³-hybridized carbons (Fsp3) is 0.667. The smallest absolute Gasteiger partial charge is 0.236 e. The van der Waals surface area contributed by atoms with Crippen molar-refractivity contribution in [3.8, 4) is 0 Å². The van der Waals surface area contributed by atoms with E-state index in [0.29, 0.717) is 25.3 Å². The van der Waals surface area contributed by atoms with Gasteiger partial charge in [0.1, 0.15) is 0 Å². The first-order valence-electron chi connectivity index (χ1n) is 5.02. The van der Waals surface area contributed by atoms with Crippen LogP contribution >= 0.6 is 11.8 Å². The lowest BCUT2D eigenvalue weighted by atomic mass is 10.2. The molecule has 0 aromatic carbocycles. The van der Waals surface area contributed by atoms with Crippen LogP contribution in [0, 0.1) is 0 Å². The van der Waals surface area contributed by atoms with E-state index in [4.69, 9.17) is 10.3 Å². The van der Waals surface area contributed by atoms with E-state index in [2.05, 4.69) is 15.5 Å². The molecule has 6 nitrogen and oxygen atoms in total. The molecule has 0 bridgehead atoms. The predicted octanol–water partition coefficient (Wildman–Crippen LogP) is -0.191. The number of rotatable bonds is 7. The van der Waals surface area contributed by atoms with E-state index in [-0.39, 0.29) is 5.91 Å². The maximum absolute atomic E-state index is 11.5. The maximum atomic E-state index is 11.5. The summed E-state index contributed by atoms with van der Waals surface area (Å²) in [6.45, 7) is 0.466. The van der Waals surface area contributed by atoms with E-state index < -0.39 is 6.04 Å². The van der Waals surface area contributed by atoms with Crippen LogP contribution in [0.4, 0.5) is 0 Å². The number of aromatic nitrogens is 2. The highest BCUT2D eigenvalue weighted by Crippen LogP contribution is 1.98. The van der Waals surface area contributed by atoms with Gasteiger partial charge in [-0.3, -0.25) is 4.79 Å². The summed E-state index contributed by atoms with van der Waals surface area (Å²) in [5.41, 5.74) is 5.69. The molecule has 1 rings (SSSR count). The minimum Gasteiger partial charge on any atom is -0.354 e. The number of nitrogens with one attached hydrogen (secondary N) is 1. The Kier molecular flexibility index (Phi) is 5.87. The van der Waals surface area contributed by atoms with Gasteiger partial charge < -0.3 is 15.6 Å². The Morgan fingerprint density at radius 2 is 2.56 bits per heavy atom. The summed E-state index contributed by atoms with van der Waals surface area (Å²) in [5, 5.41) is 6.20. The third kappa shape index (κ3) is 4.63. The summed E-state index contributed by atoms with van der Waals surface area (Å²) in [4.78, 5) is 15.3. The Morgan fingerprint density at radius 3 is 3.19 bits per heavy atom. The van der Waals surface area contributed by atoms with Crippen LogP contribution in [-0.4, -0.2) is 40.6 Å². The number of hydrogen-bond acceptors (Lipinski definition) is 6. The Balaban J connectivity index is 2.14. The van der Waals surface area contributed by atoms with Gasteiger partial charge in [0.25, 0.3) is 0 Å². The Labute approximate surface area is 98.3 Å². The number of nitrogens with zero attached hydrogens (tertiary/aromatic N) is 2. The predicted molar refractivity (Wildman–Crippen MR) is 62.0 cm³/mol. The van der Waals surface area contributed by atoms with Crippen molar-refractivity contribution in [2.45, 2.75) is 18.9 Å². The number of carbonyl (C=O) groups is 1. The number of carbonyl (C=O) groups excluding carboxylic acids is 1.